The molecule has 0 aliphatic heterocycles. The number of nitrogens with one attached hydrogen (secondary N) is 1. The molecule has 0 amide bonds. The summed E-state index contributed by atoms with van der Waals surface area (Å²) >= 11 is 0. The Balaban J connectivity index is 1.80. The second-order valence-corrected chi connectivity index (χ2v) is 4.72. The second-order valence-electron chi connectivity index (χ2n) is 4.72. The molecular weight excluding hydrogens is 248 g/mol. The van der Waals surface area contributed by atoms with Crippen molar-refractivity contribution in [2.24, 2.45) is 0 Å². The molecule has 100 valence electrons. The number of hydrogen-bond donors (Lipinski definition) is 1. The smallest absolute Gasteiger partial charge is 0.181 e. The summed E-state index contributed by atoms with van der Waals surface area (Å²) < 4.78 is 5.33. The van der Waals surface area contributed by atoms with Gasteiger partial charge in [0.05, 0.1) is 6.20 Å². The predicted molar refractivity (Wildman–Crippen MR) is 80.4 cm³/mol. The van der Waals surface area contributed by atoms with Gasteiger partial charge in [-0.25, -0.2) is 4.98 Å². The van der Waals surface area contributed by atoms with E-state index >= 15 is 0 Å². The molecule has 0 saturated heterocycles. The number of hydrogen-bond acceptors (Lipinski definition) is 3. The fourth-order valence-electron chi connectivity index (χ4n) is 2.20. The minimum atomic E-state index is 0.251. The zero-order chi connectivity index (χ0) is 13.8. The maximum absolute atomic E-state index is 5.33. The van der Waals surface area contributed by atoms with Crippen LogP contribution in [0.2, 0.25) is 0 Å². The molecule has 0 bridgehead atoms. The Hall–Kier alpha value is -2.55. The maximum Gasteiger partial charge on any atom is 0.181 e. The molecule has 0 saturated carbocycles. The molecule has 3 aromatic rings. The van der Waals surface area contributed by atoms with Crippen molar-refractivity contribution in [2.75, 3.05) is 5.32 Å². The van der Waals surface area contributed by atoms with Crippen LogP contribution in [0, 0.1) is 0 Å². The monoisotopic (exact) mass is 264 g/mol. The Morgan fingerprint density at radius 2 is 1.90 bits per heavy atom. The highest BCUT2D eigenvalue weighted by atomic mass is 16.3. The lowest BCUT2D eigenvalue weighted by Gasteiger charge is -2.16. The van der Waals surface area contributed by atoms with E-state index in [0.717, 1.165) is 17.0 Å². The Morgan fingerprint density at radius 1 is 1.05 bits per heavy atom. The van der Waals surface area contributed by atoms with Crippen LogP contribution in [0.25, 0.3) is 11.3 Å². The minimum absolute atomic E-state index is 0.251. The third-order valence-corrected chi connectivity index (χ3v) is 3.26. The summed E-state index contributed by atoms with van der Waals surface area (Å²) in [6.45, 7) is 2.15. The van der Waals surface area contributed by atoms with Crippen LogP contribution in [0.5, 0.6) is 0 Å². The topological polar surface area (TPSA) is 38.1 Å². The van der Waals surface area contributed by atoms with Gasteiger partial charge in [-0.05, 0) is 24.6 Å². The quantitative estimate of drug-likeness (QED) is 0.753. The van der Waals surface area contributed by atoms with Crippen molar-refractivity contribution in [3.05, 3.63) is 72.8 Å². The third-order valence-electron chi connectivity index (χ3n) is 3.26. The molecule has 0 radical (unpaired) electrons. The third kappa shape index (κ3) is 2.72. The fraction of sp³-hybridized carbons (Fsp3) is 0.118. The largest absolute Gasteiger partial charge is 0.444 e. The normalized spacial score (nSPS) is 12.1. The molecule has 3 rings (SSSR count). The van der Waals surface area contributed by atoms with Crippen LogP contribution in [0.3, 0.4) is 0 Å². The van der Waals surface area contributed by atoms with Crippen LogP contribution in [0.1, 0.15) is 18.5 Å². The summed E-state index contributed by atoms with van der Waals surface area (Å²) in [4.78, 5) is 3.95. The first kappa shape index (κ1) is 12.5. The number of oxazole rings is 1. The van der Waals surface area contributed by atoms with Crippen LogP contribution in [0.15, 0.2) is 71.6 Å². The van der Waals surface area contributed by atoms with Crippen LogP contribution in [0.4, 0.5) is 5.69 Å². The average molecular weight is 264 g/mol. The van der Waals surface area contributed by atoms with Gasteiger partial charge >= 0.3 is 0 Å². The lowest BCUT2D eigenvalue weighted by atomic mass is 10.1. The first-order valence-electron chi connectivity index (χ1n) is 6.63. The van der Waals surface area contributed by atoms with Gasteiger partial charge < -0.3 is 9.73 Å². The summed E-state index contributed by atoms with van der Waals surface area (Å²) in [6.07, 6.45) is 3.17. The molecule has 0 fully saturated rings. The molecule has 1 aromatic heterocycles. The minimum Gasteiger partial charge on any atom is -0.444 e. The van der Waals surface area contributed by atoms with Gasteiger partial charge in [-0.1, -0.05) is 42.5 Å². The second kappa shape index (κ2) is 5.61. The predicted octanol–water partition coefficient (Wildman–Crippen LogP) is 4.51. The van der Waals surface area contributed by atoms with Crippen LogP contribution in [-0.4, -0.2) is 4.98 Å². The van der Waals surface area contributed by atoms with Gasteiger partial charge in [-0.15, -0.1) is 0 Å². The lowest BCUT2D eigenvalue weighted by Crippen LogP contribution is -2.06. The molecule has 1 heterocycles. The van der Waals surface area contributed by atoms with Crippen LogP contribution < -0.4 is 5.32 Å². The molecule has 3 heteroatoms. The van der Waals surface area contributed by atoms with Crippen molar-refractivity contribution in [3.63, 3.8) is 0 Å². The average Bonchev–Trinajstić information content (AvgIpc) is 3.03. The van der Waals surface area contributed by atoms with Gasteiger partial charge in [0, 0.05) is 17.3 Å². The van der Waals surface area contributed by atoms with E-state index in [9.17, 15) is 0 Å². The summed E-state index contributed by atoms with van der Waals surface area (Å²) in [6, 6.07) is 18.8. The van der Waals surface area contributed by atoms with E-state index in [1.807, 2.05) is 18.2 Å². The maximum atomic E-state index is 5.33. The van der Waals surface area contributed by atoms with Crippen molar-refractivity contribution >= 4 is 5.69 Å². The number of anilines is 1. The van der Waals surface area contributed by atoms with E-state index in [1.165, 1.54) is 12.0 Å². The molecule has 3 nitrogen and oxygen atoms in total. The summed E-state index contributed by atoms with van der Waals surface area (Å²) in [5.41, 5.74) is 3.35. The summed E-state index contributed by atoms with van der Waals surface area (Å²) in [5, 5.41) is 3.50. The molecule has 1 N–H and O–H groups in total. The molecule has 0 aliphatic rings. The summed E-state index contributed by atoms with van der Waals surface area (Å²) in [7, 11) is 0. The molecule has 2 aromatic carbocycles. The van der Waals surface area contributed by atoms with E-state index in [0.29, 0.717) is 0 Å². The standard InChI is InChI=1S/C17H16N2O/c1-13(14-6-3-2-4-7-14)19-16-9-5-8-15(10-16)17-11-18-12-20-17/h2-13,19H,1H3. The highest BCUT2D eigenvalue weighted by Crippen LogP contribution is 2.24. The van der Waals surface area contributed by atoms with Gasteiger partial charge in [0.25, 0.3) is 0 Å². The lowest BCUT2D eigenvalue weighted by molar-refractivity contribution is 0.572. The first-order chi connectivity index (χ1) is 9.83. The number of nitrogens with zero attached hydrogens (tertiary/aromatic N) is 1. The van der Waals surface area contributed by atoms with Gasteiger partial charge in [0.1, 0.15) is 0 Å². The van der Waals surface area contributed by atoms with Gasteiger partial charge in [0.2, 0.25) is 0 Å². The summed E-state index contributed by atoms with van der Waals surface area (Å²) in [5.74, 6) is 0.779. The SMILES string of the molecule is CC(Nc1cccc(-c2cnco2)c1)c1ccccc1. The molecule has 1 unspecified atom stereocenters. The van der Waals surface area contributed by atoms with Crippen molar-refractivity contribution in [1.29, 1.82) is 0 Å². The van der Waals surface area contributed by atoms with Crippen molar-refractivity contribution in [2.45, 2.75) is 13.0 Å². The van der Waals surface area contributed by atoms with Crippen molar-refractivity contribution < 1.29 is 4.42 Å². The van der Waals surface area contributed by atoms with Gasteiger partial charge in [-0.2, -0.15) is 0 Å². The Labute approximate surface area is 118 Å². The number of aromatic nitrogens is 1. The van der Waals surface area contributed by atoms with Gasteiger partial charge in [-0.3, -0.25) is 0 Å². The van der Waals surface area contributed by atoms with E-state index < -0.39 is 0 Å². The Kier molecular flexibility index (Phi) is 3.50. The molecular formula is C17H16N2O. The van der Waals surface area contributed by atoms with Crippen LogP contribution in [-0.2, 0) is 0 Å². The van der Waals surface area contributed by atoms with Gasteiger partial charge in [0.15, 0.2) is 12.2 Å². The van der Waals surface area contributed by atoms with E-state index in [1.54, 1.807) is 6.20 Å². The fourth-order valence-corrected chi connectivity index (χ4v) is 2.20. The molecule has 20 heavy (non-hydrogen) atoms. The van der Waals surface area contributed by atoms with E-state index in [-0.39, 0.29) is 6.04 Å². The van der Waals surface area contributed by atoms with Crippen LogP contribution >= 0.6 is 0 Å². The molecule has 0 spiro atoms. The zero-order valence-corrected chi connectivity index (χ0v) is 11.3. The number of benzene rings is 2. The van der Waals surface area contributed by atoms with E-state index in [2.05, 4.69) is 53.6 Å². The molecule has 1 atom stereocenters. The first-order valence-corrected chi connectivity index (χ1v) is 6.63. The highest BCUT2D eigenvalue weighted by molar-refractivity contribution is 5.63. The van der Waals surface area contributed by atoms with Crippen molar-refractivity contribution in [3.8, 4) is 11.3 Å². The van der Waals surface area contributed by atoms with E-state index in [4.69, 9.17) is 4.42 Å². The zero-order valence-electron chi connectivity index (χ0n) is 11.3. The Morgan fingerprint density at radius 3 is 2.65 bits per heavy atom. The Bertz CT molecular complexity index is 662. The number of rotatable bonds is 4. The van der Waals surface area contributed by atoms with Crippen molar-refractivity contribution in [1.82, 2.24) is 4.98 Å². The molecule has 0 aliphatic carbocycles. The highest BCUT2D eigenvalue weighted by Gasteiger charge is 2.06.